The van der Waals surface area contributed by atoms with Gasteiger partial charge in [-0.2, -0.15) is 0 Å². The van der Waals surface area contributed by atoms with E-state index >= 15 is 0 Å². The molecule has 0 spiro atoms. The SMILES string of the molecule is NS(=O)(=O)c1ccc2c(c1)N(C(=O)C1Cc3cc(Br)ccc3O1)CC2. The van der Waals surface area contributed by atoms with Gasteiger partial charge in [-0.05, 0) is 47.9 Å². The van der Waals surface area contributed by atoms with Crippen LogP contribution in [-0.4, -0.2) is 27.0 Å². The van der Waals surface area contributed by atoms with Crippen LogP contribution in [0.25, 0.3) is 0 Å². The summed E-state index contributed by atoms with van der Waals surface area (Å²) >= 11 is 3.42. The lowest BCUT2D eigenvalue weighted by Gasteiger charge is -2.21. The molecule has 0 bridgehead atoms. The van der Waals surface area contributed by atoms with Gasteiger partial charge in [-0.15, -0.1) is 0 Å². The number of ether oxygens (including phenoxy) is 1. The first-order valence-electron chi connectivity index (χ1n) is 7.75. The fourth-order valence-electron chi connectivity index (χ4n) is 3.29. The topological polar surface area (TPSA) is 89.7 Å². The largest absolute Gasteiger partial charge is 0.480 e. The molecular formula is C17H15BrN2O4S. The van der Waals surface area contributed by atoms with Crippen LogP contribution in [0.15, 0.2) is 45.8 Å². The van der Waals surface area contributed by atoms with Crippen LogP contribution in [0.5, 0.6) is 5.75 Å². The molecule has 6 nitrogen and oxygen atoms in total. The number of fused-ring (bicyclic) bond motifs is 2. The molecule has 0 aromatic heterocycles. The molecule has 1 amide bonds. The van der Waals surface area contributed by atoms with Gasteiger partial charge in [-0.3, -0.25) is 4.79 Å². The molecule has 0 saturated carbocycles. The molecule has 2 aromatic carbocycles. The van der Waals surface area contributed by atoms with Crippen LogP contribution in [-0.2, 0) is 27.7 Å². The van der Waals surface area contributed by atoms with Crippen LogP contribution >= 0.6 is 15.9 Å². The normalized spacial score (nSPS) is 18.6. The number of nitrogens with zero attached hydrogens (tertiary/aromatic N) is 1. The molecule has 2 aliphatic heterocycles. The zero-order valence-corrected chi connectivity index (χ0v) is 15.5. The van der Waals surface area contributed by atoms with Crippen molar-refractivity contribution in [1.82, 2.24) is 0 Å². The molecule has 2 aromatic rings. The minimum absolute atomic E-state index is 0.00510. The summed E-state index contributed by atoms with van der Waals surface area (Å²) in [6.45, 7) is 0.502. The van der Waals surface area contributed by atoms with Crippen LogP contribution < -0.4 is 14.8 Å². The lowest BCUT2D eigenvalue weighted by atomic mass is 10.1. The molecule has 2 aliphatic rings. The average Bonchev–Trinajstić information content (AvgIpc) is 3.16. The van der Waals surface area contributed by atoms with E-state index in [1.165, 1.54) is 12.1 Å². The number of benzene rings is 2. The molecule has 0 saturated heterocycles. The second-order valence-electron chi connectivity index (χ2n) is 6.14. The van der Waals surface area contributed by atoms with Crippen LogP contribution in [0.3, 0.4) is 0 Å². The van der Waals surface area contributed by atoms with Crippen molar-refractivity contribution in [2.24, 2.45) is 5.14 Å². The zero-order chi connectivity index (χ0) is 17.8. The number of hydrogen-bond donors (Lipinski definition) is 1. The van der Waals surface area contributed by atoms with Crippen molar-refractivity contribution in [2.75, 3.05) is 11.4 Å². The molecular weight excluding hydrogens is 408 g/mol. The lowest BCUT2D eigenvalue weighted by Crippen LogP contribution is -2.40. The molecule has 1 atom stereocenters. The summed E-state index contributed by atoms with van der Waals surface area (Å²) in [6.07, 6.45) is 0.569. The number of nitrogens with two attached hydrogens (primary N) is 1. The van der Waals surface area contributed by atoms with Crippen LogP contribution in [0, 0.1) is 0 Å². The van der Waals surface area contributed by atoms with Gasteiger partial charge in [-0.25, -0.2) is 13.6 Å². The molecule has 130 valence electrons. The summed E-state index contributed by atoms with van der Waals surface area (Å²) in [5.41, 5.74) is 2.50. The minimum Gasteiger partial charge on any atom is -0.480 e. The summed E-state index contributed by atoms with van der Waals surface area (Å²) in [5.74, 6) is 0.539. The van der Waals surface area contributed by atoms with E-state index in [4.69, 9.17) is 9.88 Å². The van der Waals surface area contributed by atoms with Gasteiger partial charge < -0.3 is 9.64 Å². The van der Waals surface area contributed by atoms with Crippen LogP contribution in [0.4, 0.5) is 5.69 Å². The van der Waals surface area contributed by atoms with Gasteiger partial charge in [0.1, 0.15) is 5.75 Å². The number of halogens is 1. The minimum atomic E-state index is -3.82. The number of anilines is 1. The van der Waals surface area contributed by atoms with Crippen molar-refractivity contribution in [3.05, 3.63) is 52.0 Å². The van der Waals surface area contributed by atoms with Gasteiger partial charge in [-0.1, -0.05) is 22.0 Å². The highest BCUT2D eigenvalue weighted by Gasteiger charge is 2.36. The van der Waals surface area contributed by atoms with E-state index in [0.717, 1.165) is 15.6 Å². The van der Waals surface area contributed by atoms with E-state index in [0.29, 0.717) is 30.8 Å². The predicted molar refractivity (Wildman–Crippen MR) is 96.1 cm³/mol. The summed E-state index contributed by atoms with van der Waals surface area (Å²) in [7, 11) is -3.82. The van der Waals surface area contributed by atoms with Gasteiger partial charge in [0.05, 0.1) is 4.90 Å². The maximum atomic E-state index is 12.9. The highest BCUT2D eigenvalue weighted by molar-refractivity contribution is 9.10. The highest BCUT2D eigenvalue weighted by Crippen LogP contribution is 2.35. The Balaban J connectivity index is 1.62. The highest BCUT2D eigenvalue weighted by atomic mass is 79.9. The molecule has 2 heterocycles. The first-order chi connectivity index (χ1) is 11.8. The van der Waals surface area contributed by atoms with Gasteiger partial charge >= 0.3 is 0 Å². The van der Waals surface area contributed by atoms with E-state index in [1.54, 1.807) is 11.0 Å². The van der Waals surface area contributed by atoms with Crippen molar-refractivity contribution >= 4 is 37.5 Å². The number of sulfonamides is 1. The van der Waals surface area contributed by atoms with E-state index in [-0.39, 0.29) is 10.8 Å². The maximum absolute atomic E-state index is 12.9. The molecule has 1 unspecified atom stereocenters. The quantitative estimate of drug-likeness (QED) is 0.800. The molecule has 0 aliphatic carbocycles. The Kier molecular flexibility index (Phi) is 3.86. The second-order valence-corrected chi connectivity index (χ2v) is 8.62. The molecule has 0 radical (unpaired) electrons. The summed E-state index contributed by atoms with van der Waals surface area (Å²) in [5, 5.41) is 5.21. The Hall–Kier alpha value is -1.90. The fraction of sp³-hybridized carbons (Fsp3) is 0.235. The van der Waals surface area contributed by atoms with Gasteiger partial charge in [0.2, 0.25) is 10.0 Å². The smallest absolute Gasteiger partial charge is 0.268 e. The molecule has 2 N–H and O–H groups in total. The van der Waals surface area contributed by atoms with Gasteiger partial charge in [0.15, 0.2) is 6.10 Å². The molecule has 25 heavy (non-hydrogen) atoms. The predicted octanol–water partition coefficient (Wildman–Crippen LogP) is 1.99. The monoisotopic (exact) mass is 422 g/mol. The standard InChI is InChI=1S/C17H15BrN2O4S/c18-12-2-4-15-11(7-12)8-16(24-15)17(21)20-6-5-10-1-3-13(9-14(10)20)25(19,22)23/h1-4,7,9,16H,5-6,8H2,(H2,19,22,23). The number of amides is 1. The third-order valence-electron chi connectivity index (χ3n) is 4.52. The Morgan fingerprint density at radius 2 is 2.00 bits per heavy atom. The number of hydrogen-bond acceptors (Lipinski definition) is 4. The number of carbonyl (C=O) groups excluding carboxylic acids is 1. The zero-order valence-electron chi connectivity index (χ0n) is 13.1. The first-order valence-corrected chi connectivity index (χ1v) is 10.1. The number of primary sulfonamides is 1. The third kappa shape index (κ3) is 2.94. The van der Waals surface area contributed by atoms with Crippen molar-refractivity contribution < 1.29 is 17.9 Å². The summed E-state index contributed by atoms with van der Waals surface area (Å²) in [4.78, 5) is 14.5. The average molecular weight is 423 g/mol. The maximum Gasteiger partial charge on any atom is 0.268 e. The van der Waals surface area contributed by atoms with E-state index in [1.807, 2.05) is 18.2 Å². The van der Waals surface area contributed by atoms with Gasteiger partial charge in [0.25, 0.3) is 5.91 Å². The summed E-state index contributed by atoms with van der Waals surface area (Å²) < 4.78 is 29.9. The Bertz CT molecular complexity index is 990. The van der Waals surface area contributed by atoms with Crippen molar-refractivity contribution in [1.29, 1.82) is 0 Å². The van der Waals surface area contributed by atoms with Crippen molar-refractivity contribution in [2.45, 2.75) is 23.8 Å². The number of rotatable bonds is 2. The van der Waals surface area contributed by atoms with Gasteiger partial charge in [0, 0.05) is 23.1 Å². The Morgan fingerprint density at radius 1 is 1.20 bits per heavy atom. The van der Waals surface area contributed by atoms with Crippen molar-refractivity contribution in [3.63, 3.8) is 0 Å². The first kappa shape index (κ1) is 16.6. The Labute approximate surface area is 153 Å². The van der Waals surface area contributed by atoms with E-state index in [9.17, 15) is 13.2 Å². The second kappa shape index (κ2) is 5.82. The van der Waals surface area contributed by atoms with Crippen molar-refractivity contribution in [3.8, 4) is 5.75 Å². The molecule has 0 fully saturated rings. The summed E-state index contributed by atoms with van der Waals surface area (Å²) in [6, 6.07) is 10.3. The van der Waals surface area contributed by atoms with Crippen LogP contribution in [0.1, 0.15) is 11.1 Å². The number of carbonyl (C=O) groups is 1. The Morgan fingerprint density at radius 3 is 2.76 bits per heavy atom. The lowest BCUT2D eigenvalue weighted by molar-refractivity contribution is -0.124. The third-order valence-corrected chi connectivity index (χ3v) is 5.92. The van der Waals surface area contributed by atoms with Crippen LogP contribution in [0.2, 0.25) is 0 Å². The fourth-order valence-corrected chi connectivity index (χ4v) is 4.24. The van der Waals surface area contributed by atoms with E-state index < -0.39 is 16.1 Å². The van der Waals surface area contributed by atoms with E-state index in [2.05, 4.69) is 15.9 Å². The molecule has 8 heteroatoms. The molecule has 4 rings (SSSR count).